The van der Waals surface area contributed by atoms with Gasteiger partial charge in [-0.2, -0.15) is 5.10 Å². The minimum atomic E-state index is 0.0557. The van der Waals surface area contributed by atoms with Gasteiger partial charge in [0.1, 0.15) is 5.75 Å². The average molecular weight is 539 g/mol. The predicted molar refractivity (Wildman–Crippen MR) is 141 cm³/mol. The molecule has 0 saturated heterocycles. The average Bonchev–Trinajstić information content (AvgIpc) is 3.48. The molecule has 0 spiro atoms. The van der Waals surface area contributed by atoms with Crippen LogP contribution in [0.1, 0.15) is 29.2 Å². The molecule has 0 saturated carbocycles. The van der Waals surface area contributed by atoms with Gasteiger partial charge in [-0.15, -0.1) is 11.3 Å². The van der Waals surface area contributed by atoms with Gasteiger partial charge < -0.3 is 4.74 Å². The van der Waals surface area contributed by atoms with E-state index in [9.17, 15) is 0 Å². The van der Waals surface area contributed by atoms with Crippen molar-refractivity contribution < 1.29 is 4.74 Å². The van der Waals surface area contributed by atoms with E-state index in [-0.39, 0.29) is 6.04 Å². The maximum Gasteiger partial charge on any atom is 0.207 e. The highest BCUT2D eigenvalue weighted by molar-refractivity contribution is 9.10. The Morgan fingerprint density at radius 1 is 1.03 bits per heavy atom. The van der Waals surface area contributed by atoms with Crippen molar-refractivity contribution in [3.05, 3.63) is 98.3 Å². The molecular weight excluding hydrogens is 518 g/mol. The SMILES string of the molecule is COc1ccc(-c2csc(N3N=C(c4ccc(C)cc4)CC3c3ccc(Cl)cc3)n2)cc1Br. The maximum absolute atomic E-state index is 6.15. The van der Waals surface area contributed by atoms with Gasteiger partial charge in [-0.1, -0.05) is 53.6 Å². The van der Waals surface area contributed by atoms with Crippen LogP contribution in [0.25, 0.3) is 11.3 Å². The molecule has 4 nitrogen and oxygen atoms in total. The summed E-state index contributed by atoms with van der Waals surface area (Å²) in [4.78, 5) is 4.94. The lowest BCUT2D eigenvalue weighted by atomic mass is 9.98. The first-order valence-electron chi connectivity index (χ1n) is 10.5. The highest BCUT2D eigenvalue weighted by atomic mass is 79.9. The van der Waals surface area contributed by atoms with E-state index in [0.29, 0.717) is 0 Å². The first-order valence-corrected chi connectivity index (χ1v) is 12.6. The smallest absolute Gasteiger partial charge is 0.207 e. The van der Waals surface area contributed by atoms with Crippen molar-refractivity contribution >= 4 is 49.7 Å². The van der Waals surface area contributed by atoms with Gasteiger partial charge in [0.25, 0.3) is 0 Å². The van der Waals surface area contributed by atoms with Crippen LogP contribution in [-0.2, 0) is 0 Å². The number of ether oxygens (including phenoxy) is 1. The Bertz CT molecular complexity index is 1320. The molecule has 0 N–H and O–H groups in total. The van der Waals surface area contributed by atoms with Gasteiger partial charge >= 0.3 is 0 Å². The lowest BCUT2D eigenvalue weighted by Gasteiger charge is -2.21. The van der Waals surface area contributed by atoms with E-state index in [1.807, 2.05) is 35.3 Å². The molecule has 4 aromatic rings. The predicted octanol–water partition coefficient (Wildman–Crippen LogP) is 7.90. The molecule has 0 radical (unpaired) electrons. The molecule has 0 bridgehead atoms. The maximum atomic E-state index is 6.15. The third-order valence-electron chi connectivity index (χ3n) is 5.69. The summed E-state index contributed by atoms with van der Waals surface area (Å²) in [7, 11) is 1.66. The van der Waals surface area contributed by atoms with E-state index in [2.05, 4.69) is 64.6 Å². The largest absolute Gasteiger partial charge is 0.496 e. The Morgan fingerprint density at radius 3 is 2.45 bits per heavy atom. The molecule has 1 aromatic heterocycles. The van der Waals surface area contributed by atoms with Crippen LogP contribution < -0.4 is 9.75 Å². The van der Waals surface area contributed by atoms with Gasteiger partial charge in [-0.3, -0.25) is 0 Å². The fraction of sp³-hybridized carbons (Fsp3) is 0.154. The zero-order valence-corrected chi connectivity index (χ0v) is 21.3. The summed E-state index contributed by atoms with van der Waals surface area (Å²) in [6, 6.07) is 22.6. The summed E-state index contributed by atoms with van der Waals surface area (Å²) in [5, 5.41) is 10.7. The number of rotatable bonds is 5. The zero-order valence-electron chi connectivity index (χ0n) is 18.1. The number of benzene rings is 3. The highest BCUT2D eigenvalue weighted by Gasteiger charge is 2.31. The fourth-order valence-corrected chi connectivity index (χ4v) is 5.38. The van der Waals surface area contributed by atoms with Gasteiger partial charge in [0.05, 0.1) is 29.0 Å². The number of methoxy groups -OCH3 is 1. The molecule has 1 aliphatic heterocycles. The quantitative estimate of drug-likeness (QED) is 0.259. The summed E-state index contributed by atoms with van der Waals surface area (Å²) in [5.74, 6) is 0.795. The number of hydrogen-bond donors (Lipinski definition) is 0. The minimum Gasteiger partial charge on any atom is -0.496 e. The van der Waals surface area contributed by atoms with E-state index in [1.165, 1.54) is 5.56 Å². The molecule has 0 fully saturated rings. The molecule has 1 unspecified atom stereocenters. The van der Waals surface area contributed by atoms with Gasteiger partial charge in [0.15, 0.2) is 0 Å². The number of hydrazone groups is 1. The Labute approximate surface area is 210 Å². The number of nitrogens with zero attached hydrogens (tertiary/aromatic N) is 3. The van der Waals surface area contributed by atoms with Gasteiger partial charge in [0, 0.05) is 22.4 Å². The van der Waals surface area contributed by atoms with Crippen molar-refractivity contribution in [3.63, 3.8) is 0 Å². The second kappa shape index (κ2) is 9.29. The molecule has 33 heavy (non-hydrogen) atoms. The van der Waals surface area contributed by atoms with Gasteiger partial charge in [0.2, 0.25) is 5.13 Å². The van der Waals surface area contributed by atoms with Crippen molar-refractivity contribution in [2.24, 2.45) is 5.10 Å². The second-order valence-electron chi connectivity index (χ2n) is 7.89. The summed E-state index contributed by atoms with van der Waals surface area (Å²) in [6.07, 6.45) is 0.799. The van der Waals surface area contributed by atoms with Crippen molar-refractivity contribution in [3.8, 4) is 17.0 Å². The Hall–Kier alpha value is -2.67. The van der Waals surface area contributed by atoms with Crippen molar-refractivity contribution in [1.82, 2.24) is 4.98 Å². The van der Waals surface area contributed by atoms with Crippen LogP contribution in [0.4, 0.5) is 5.13 Å². The first-order chi connectivity index (χ1) is 16.0. The van der Waals surface area contributed by atoms with Crippen LogP contribution in [0.2, 0.25) is 5.02 Å². The van der Waals surface area contributed by atoms with Crippen LogP contribution in [0, 0.1) is 6.92 Å². The van der Waals surface area contributed by atoms with Crippen LogP contribution in [0.3, 0.4) is 0 Å². The number of aromatic nitrogens is 1. The molecule has 0 aliphatic carbocycles. The summed E-state index contributed by atoms with van der Waals surface area (Å²) in [5.41, 5.74) is 6.52. The molecule has 1 atom stereocenters. The third kappa shape index (κ3) is 4.56. The van der Waals surface area contributed by atoms with E-state index in [1.54, 1.807) is 18.4 Å². The summed E-state index contributed by atoms with van der Waals surface area (Å²) < 4.78 is 6.25. The number of hydrogen-bond acceptors (Lipinski definition) is 5. The zero-order chi connectivity index (χ0) is 22.9. The van der Waals surface area contributed by atoms with Gasteiger partial charge in [-0.05, 0) is 64.3 Å². The molecule has 0 amide bonds. The van der Waals surface area contributed by atoms with E-state index < -0.39 is 0 Å². The van der Waals surface area contributed by atoms with E-state index >= 15 is 0 Å². The van der Waals surface area contributed by atoms with Crippen LogP contribution in [-0.4, -0.2) is 17.8 Å². The van der Waals surface area contributed by atoms with Crippen LogP contribution in [0.15, 0.2) is 81.7 Å². The second-order valence-corrected chi connectivity index (χ2v) is 10.0. The lowest BCUT2D eigenvalue weighted by Crippen LogP contribution is -2.18. The topological polar surface area (TPSA) is 37.7 Å². The van der Waals surface area contributed by atoms with Crippen molar-refractivity contribution in [1.29, 1.82) is 0 Å². The van der Waals surface area contributed by atoms with E-state index in [0.717, 1.165) is 54.9 Å². The summed E-state index contributed by atoms with van der Waals surface area (Å²) in [6.45, 7) is 2.09. The first kappa shape index (κ1) is 22.1. The molecule has 1 aliphatic rings. The molecule has 2 heterocycles. The fourth-order valence-electron chi connectivity index (χ4n) is 3.88. The van der Waals surface area contributed by atoms with Gasteiger partial charge in [-0.25, -0.2) is 9.99 Å². The number of anilines is 1. The standard InChI is InChI=1S/C26H21BrClN3OS/c1-16-3-5-17(6-4-16)22-14-24(18-7-10-20(28)11-8-18)31(30-22)26-29-23(15-33-26)19-9-12-25(32-2)21(27)13-19/h3-13,15,24H,14H2,1-2H3. The number of thiazole rings is 1. The molecular formula is C26H21BrClN3OS. The Morgan fingerprint density at radius 2 is 1.76 bits per heavy atom. The molecule has 5 rings (SSSR count). The van der Waals surface area contributed by atoms with Crippen molar-refractivity contribution in [2.75, 3.05) is 12.1 Å². The molecule has 166 valence electrons. The minimum absolute atomic E-state index is 0.0557. The monoisotopic (exact) mass is 537 g/mol. The third-order valence-corrected chi connectivity index (χ3v) is 7.39. The van der Waals surface area contributed by atoms with E-state index in [4.69, 9.17) is 26.4 Å². The molecule has 3 aromatic carbocycles. The van der Waals surface area contributed by atoms with Crippen LogP contribution in [0.5, 0.6) is 5.75 Å². The van der Waals surface area contributed by atoms with Crippen LogP contribution >= 0.6 is 38.9 Å². The Kier molecular flexibility index (Phi) is 6.23. The number of aryl methyl sites for hydroxylation is 1. The molecule has 7 heteroatoms. The summed E-state index contributed by atoms with van der Waals surface area (Å²) >= 11 is 11.3. The number of halogens is 2. The Balaban J connectivity index is 1.52. The lowest BCUT2D eigenvalue weighted by molar-refractivity contribution is 0.412. The normalized spacial score (nSPS) is 15.6. The van der Waals surface area contributed by atoms with Crippen molar-refractivity contribution in [2.45, 2.75) is 19.4 Å². The highest BCUT2D eigenvalue weighted by Crippen LogP contribution is 2.40.